The van der Waals surface area contributed by atoms with Crippen LogP contribution in [0.2, 0.25) is 0 Å². The van der Waals surface area contributed by atoms with E-state index in [-0.39, 0.29) is 0 Å². The van der Waals surface area contributed by atoms with E-state index in [0.29, 0.717) is 12.8 Å². The second kappa shape index (κ2) is 3.69. The van der Waals surface area contributed by atoms with Gasteiger partial charge in [-0.1, -0.05) is 0 Å². The van der Waals surface area contributed by atoms with Crippen LogP contribution in [0.15, 0.2) is 0 Å². The van der Waals surface area contributed by atoms with E-state index in [1.165, 1.54) is 0 Å². The molecule has 1 rings (SSSR count). The predicted octanol–water partition coefficient (Wildman–Crippen LogP) is 0.0672. The molecule has 1 fully saturated rings. The summed E-state index contributed by atoms with van der Waals surface area (Å²) in [4.78, 5) is 22.2. The third kappa shape index (κ3) is 3.75. The van der Waals surface area contributed by atoms with Crippen LogP contribution < -0.4 is 10.9 Å². The quantitative estimate of drug-likeness (QED) is 0.541. The van der Waals surface area contributed by atoms with Gasteiger partial charge in [0.15, 0.2) is 0 Å². The fourth-order valence-corrected chi connectivity index (χ4v) is 0.873. The highest BCUT2D eigenvalue weighted by molar-refractivity contribution is 5.88. The summed E-state index contributed by atoms with van der Waals surface area (Å²) in [5, 5.41) is 9.34. The first kappa shape index (κ1) is 11.8. The first-order chi connectivity index (χ1) is 6.73. The smallest absolute Gasteiger partial charge is 0.426 e. The molecule has 1 saturated carbocycles. The number of nitrogens with one attached hydrogen (secondary N) is 2. The lowest BCUT2D eigenvalue weighted by Crippen LogP contribution is -2.48. The number of aliphatic hydroxyl groups is 1. The predicted molar refractivity (Wildman–Crippen MR) is 51.7 cm³/mol. The summed E-state index contributed by atoms with van der Waals surface area (Å²) in [6.45, 7) is 5.13. The van der Waals surface area contributed by atoms with Crippen molar-refractivity contribution in [3.8, 4) is 0 Å². The summed E-state index contributed by atoms with van der Waals surface area (Å²) in [5.74, 6) is -0.603. The first-order valence-electron chi connectivity index (χ1n) is 4.75. The van der Waals surface area contributed by atoms with Gasteiger partial charge in [-0.15, -0.1) is 0 Å². The third-order valence-corrected chi connectivity index (χ3v) is 1.82. The number of hydrogen-bond acceptors (Lipinski definition) is 4. The molecule has 0 atom stereocenters. The van der Waals surface area contributed by atoms with E-state index >= 15 is 0 Å². The number of hydrazine groups is 1. The molecule has 86 valence electrons. The standard InChI is InChI=1S/C9H16N2O4/c1-8(2,3)15-7(13)11-10-6(12)9(14)4-5-9/h14H,4-5H2,1-3H3,(H,10,12)(H,11,13). The van der Waals surface area contributed by atoms with Gasteiger partial charge in [0.05, 0.1) is 0 Å². The van der Waals surface area contributed by atoms with Gasteiger partial charge in [-0.3, -0.25) is 10.2 Å². The zero-order valence-electron chi connectivity index (χ0n) is 9.09. The maximum atomic E-state index is 11.2. The number of amides is 2. The van der Waals surface area contributed by atoms with Crippen LogP contribution in [0.5, 0.6) is 0 Å². The molecule has 0 bridgehead atoms. The minimum absolute atomic E-state index is 0.425. The van der Waals surface area contributed by atoms with Gasteiger partial charge in [0, 0.05) is 0 Å². The molecule has 1 aliphatic carbocycles. The van der Waals surface area contributed by atoms with Crippen molar-refractivity contribution in [3.05, 3.63) is 0 Å². The molecular weight excluding hydrogens is 200 g/mol. The molecule has 0 aromatic heterocycles. The molecule has 0 aromatic carbocycles. The van der Waals surface area contributed by atoms with Crippen LogP contribution in [0.25, 0.3) is 0 Å². The second-order valence-corrected chi connectivity index (χ2v) is 4.61. The molecule has 6 heteroatoms. The zero-order chi connectivity index (χ0) is 11.7. The van der Waals surface area contributed by atoms with Gasteiger partial charge >= 0.3 is 6.09 Å². The molecule has 0 radical (unpaired) electrons. The number of carbonyl (C=O) groups excluding carboxylic acids is 2. The van der Waals surface area contributed by atoms with E-state index in [0.717, 1.165) is 0 Å². The monoisotopic (exact) mass is 216 g/mol. The lowest BCUT2D eigenvalue weighted by atomic mass is 10.2. The van der Waals surface area contributed by atoms with Crippen molar-refractivity contribution < 1.29 is 19.4 Å². The molecule has 0 aliphatic heterocycles. The van der Waals surface area contributed by atoms with Gasteiger partial charge in [0.1, 0.15) is 11.2 Å². The summed E-state index contributed by atoms with van der Waals surface area (Å²) >= 11 is 0. The van der Waals surface area contributed by atoms with Gasteiger partial charge in [-0.25, -0.2) is 10.2 Å². The molecule has 0 spiro atoms. The SMILES string of the molecule is CC(C)(C)OC(=O)NNC(=O)C1(O)CC1. The third-order valence-electron chi connectivity index (χ3n) is 1.82. The Balaban J connectivity index is 2.25. The fraction of sp³-hybridized carbons (Fsp3) is 0.778. The minimum atomic E-state index is -1.30. The van der Waals surface area contributed by atoms with E-state index in [1.54, 1.807) is 20.8 Å². The summed E-state index contributed by atoms with van der Waals surface area (Å²) in [6.07, 6.45) is 0.101. The topological polar surface area (TPSA) is 87.7 Å². The number of rotatable bonds is 1. The Labute approximate surface area is 88.0 Å². The van der Waals surface area contributed by atoms with E-state index in [9.17, 15) is 14.7 Å². The Morgan fingerprint density at radius 3 is 2.20 bits per heavy atom. The Bertz CT molecular complexity index is 278. The van der Waals surface area contributed by atoms with Crippen molar-refractivity contribution in [1.82, 2.24) is 10.9 Å². The van der Waals surface area contributed by atoms with Crippen LogP contribution in [0.1, 0.15) is 33.6 Å². The average molecular weight is 216 g/mol. The Morgan fingerprint density at radius 2 is 1.80 bits per heavy atom. The second-order valence-electron chi connectivity index (χ2n) is 4.61. The maximum absolute atomic E-state index is 11.2. The Kier molecular flexibility index (Phi) is 2.90. The number of hydrogen-bond donors (Lipinski definition) is 3. The molecule has 0 saturated heterocycles. The summed E-state index contributed by atoms with van der Waals surface area (Å²) in [6, 6.07) is 0. The van der Waals surface area contributed by atoms with Crippen LogP contribution in [0, 0.1) is 0 Å². The van der Waals surface area contributed by atoms with E-state index < -0.39 is 23.2 Å². The van der Waals surface area contributed by atoms with Crippen LogP contribution >= 0.6 is 0 Å². The maximum Gasteiger partial charge on any atom is 0.426 e. The molecule has 0 aromatic rings. The molecule has 6 nitrogen and oxygen atoms in total. The minimum Gasteiger partial charge on any atom is -0.443 e. The molecule has 15 heavy (non-hydrogen) atoms. The number of carbonyl (C=O) groups is 2. The van der Waals surface area contributed by atoms with E-state index in [1.807, 2.05) is 0 Å². The van der Waals surface area contributed by atoms with Crippen molar-refractivity contribution in [2.24, 2.45) is 0 Å². The number of ether oxygens (including phenoxy) is 1. The first-order valence-corrected chi connectivity index (χ1v) is 4.75. The lowest BCUT2D eigenvalue weighted by Gasteiger charge is -2.20. The molecule has 3 N–H and O–H groups in total. The van der Waals surface area contributed by atoms with Gasteiger partial charge in [-0.05, 0) is 33.6 Å². The Morgan fingerprint density at radius 1 is 1.27 bits per heavy atom. The van der Waals surface area contributed by atoms with Gasteiger partial charge in [0.25, 0.3) is 5.91 Å². The highest BCUT2D eigenvalue weighted by Crippen LogP contribution is 2.34. The Hall–Kier alpha value is -1.30. The van der Waals surface area contributed by atoms with Crippen molar-refractivity contribution >= 4 is 12.0 Å². The molecule has 1 aliphatic rings. The van der Waals surface area contributed by atoms with Crippen LogP contribution in [-0.4, -0.2) is 28.3 Å². The van der Waals surface area contributed by atoms with Crippen molar-refractivity contribution in [1.29, 1.82) is 0 Å². The molecular formula is C9H16N2O4. The largest absolute Gasteiger partial charge is 0.443 e. The average Bonchev–Trinajstić information content (AvgIpc) is 2.77. The summed E-state index contributed by atoms with van der Waals surface area (Å²) in [5.41, 5.74) is 2.24. The van der Waals surface area contributed by atoms with Crippen molar-refractivity contribution in [3.63, 3.8) is 0 Å². The highest BCUT2D eigenvalue weighted by atomic mass is 16.6. The van der Waals surface area contributed by atoms with Gasteiger partial charge in [0.2, 0.25) is 0 Å². The van der Waals surface area contributed by atoms with Crippen molar-refractivity contribution in [2.45, 2.75) is 44.8 Å². The van der Waals surface area contributed by atoms with Crippen LogP contribution in [0.3, 0.4) is 0 Å². The molecule has 0 unspecified atom stereocenters. The van der Waals surface area contributed by atoms with Crippen LogP contribution in [-0.2, 0) is 9.53 Å². The van der Waals surface area contributed by atoms with Gasteiger partial charge in [-0.2, -0.15) is 0 Å². The summed E-state index contributed by atoms with van der Waals surface area (Å²) in [7, 11) is 0. The van der Waals surface area contributed by atoms with E-state index in [2.05, 4.69) is 10.9 Å². The van der Waals surface area contributed by atoms with E-state index in [4.69, 9.17) is 4.74 Å². The van der Waals surface area contributed by atoms with Crippen LogP contribution in [0.4, 0.5) is 4.79 Å². The molecule has 2 amide bonds. The lowest BCUT2D eigenvalue weighted by molar-refractivity contribution is -0.132. The van der Waals surface area contributed by atoms with Crippen molar-refractivity contribution in [2.75, 3.05) is 0 Å². The zero-order valence-corrected chi connectivity index (χ0v) is 9.09. The highest BCUT2D eigenvalue weighted by Gasteiger charge is 2.48. The van der Waals surface area contributed by atoms with Gasteiger partial charge < -0.3 is 9.84 Å². The summed E-state index contributed by atoms with van der Waals surface area (Å²) < 4.78 is 4.87. The normalized spacial score (nSPS) is 17.9. The fourth-order valence-electron chi connectivity index (χ4n) is 0.873. The molecule has 0 heterocycles.